The topological polar surface area (TPSA) is 95.0 Å². The number of hydrogen-bond acceptors (Lipinski definition) is 6. The molecule has 0 spiro atoms. The largest absolute Gasteiger partial charge is 0.506 e. The molecule has 0 unspecified atom stereocenters. The molecule has 3 aromatic rings. The molecule has 1 amide bonds. The molecule has 1 aromatic carbocycles. The first-order chi connectivity index (χ1) is 15.0. The van der Waals surface area contributed by atoms with Crippen LogP contribution in [0.4, 0.5) is 5.69 Å². The molecule has 2 heterocycles. The zero-order chi connectivity index (χ0) is 23.3. The summed E-state index contributed by atoms with van der Waals surface area (Å²) >= 11 is 1.42. The zero-order valence-corrected chi connectivity index (χ0v) is 20.4. The number of hydrogen-bond donors (Lipinski definition) is 2. The maximum atomic E-state index is 12.9. The molecule has 0 atom stereocenters. The summed E-state index contributed by atoms with van der Waals surface area (Å²) in [6.07, 6.45) is 3.09. The molecule has 0 saturated heterocycles. The van der Waals surface area contributed by atoms with Gasteiger partial charge in [-0.25, -0.2) is 0 Å². The Morgan fingerprint density at radius 3 is 2.47 bits per heavy atom. The zero-order valence-electron chi connectivity index (χ0n) is 19.6. The summed E-state index contributed by atoms with van der Waals surface area (Å²) in [4.78, 5) is 16.3. The van der Waals surface area contributed by atoms with Crippen molar-refractivity contribution in [2.45, 2.75) is 66.8 Å². The molecule has 1 saturated carbocycles. The van der Waals surface area contributed by atoms with Crippen molar-refractivity contribution in [3.8, 4) is 26.9 Å². The van der Waals surface area contributed by atoms with E-state index in [1.165, 1.54) is 11.3 Å². The third-order valence-electron chi connectivity index (χ3n) is 6.29. The Kier molecular flexibility index (Phi) is 5.61. The number of H-pyrrole nitrogens is 1. The lowest BCUT2D eigenvalue weighted by atomic mass is 9.63. The minimum atomic E-state index is 0.0545. The second-order valence-electron chi connectivity index (χ2n) is 10.5. The minimum Gasteiger partial charge on any atom is -0.506 e. The number of tetrazole rings is 1. The van der Waals surface area contributed by atoms with Gasteiger partial charge in [0, 0.05) is 29.1 Å². The number of aromatic amines is 1. The molecule has 2 aromatic heterocycles. The number of benzene rings is 1. The Labute approximate surface area is 192 Å². The third-order valence-corrected chi connectivity index (χ3v) is 7.61. The van der Waals surface area contributed by atoms with E-state index < -0.39 is 0 Å². The molecule has 7 nitrogen and oxygen atoms in total. The lowest BCUT2D eigenvalue weighted by Gasteiger charge is -2.48. The Morgan fingerprint density at radius 1 is 1.19 bits per heavy atom. The lowest BCUT2D eigenvalue weighted by molar-refractivity contribution is -0.117. The molecule has 32 heavy (non-hydrogen) atoms. The van der Waals surface area contributed by atoms with Gasteiger partial charge in [-0.15, -0.1) is 21.5 Å². The van der Waals surface area contributed by atoms with E-state index in [4.69, 9.17) is 0 Å². The van der Waals surface area contributed by atoms with Crippen LogP contribution in [0.3, 0.4) is 0 Å². The van der Waals surface area contributed by atoms with Crippen molar-refractivity contribution in [3.05, 3.63) is 29.8 Å². The van der Waals surface area contributed by atoms with Crippen LogP contribution in [0.2, 0.25) is 0 Å². The maximum Gasteiger partial charge on any atom is 0.224 e. The van der Waals surface area contributed by atoms with Gasteiger partial charge in [0.05, 0.1) is 0 Å². The SMILES string of the molecule is CC(=O)N(c1cccc(-c2sc(-c3nn[nH]n3)c(O)c2C)c1)C1CC(C)(C)CC(C)(C)C1. The number of amides is 1. The van der Waals surface area contributed by atoms with Crippen LogP contribution >= 0.6 is 11.3 Å². The van der Waals surface area contributed by atoms with Gasteiger partial charge in [0.25, 0.3) is 0 Å². The number of anilines is 1. The van der Waals surface area contributed by atoms with E-state index in [1.54, 1.807) is 6.92 Å². The van der Waals surface area contributed by atoms with Crippen LogP contribution < -0.4 is 4.90 Å². The summed E-state index contributed by atoms with van der Waals surface area (Å²) in [6.45, 7) is 12.7. The normalized spacial score (nSPS) is 17.9. The van der Waals surface area contributed by atoms with E-state index in [2.05, 4.69) is 48.3 Å². The molecule has 1 fully saturated rings. The van der Waals surface area contributed by atoms with Gasteiger partial charge in [-0.05, 0) is 59.9 Å². The monoisotopic (exact) mass is 453 g/mol. The Bertz CT molecular complexity index is 1120. The van der Waals surface area contributed by atoms with Gasteiger partial charge in [0.2, 0.25) is 11.7 Å². The fraction of sp³-hybridized carbons (Fsp3) is 0.500. The van der Waals surface area contributed by atoms with E-state index in [-0.39, 0.29) is 28.5 Å². The minimum absolute atomic E-state index is 0.0545. The van der Waals surface area contributed by atoms with Crippen molar-refractivity contribution in [2.24, 2.45) is 10.8 Å². The molecular weight excluding hydrogens is 422 g/mol. The molecule has 0 radical (unpaired) electrons. The molecule has 1 aliphatic carbocycles. The highest BCUT2D eigenvalue weighted by Crippen LogP contribution is 2.49. The number of aromatic hydroxyl groups is 1. The van der Waals surface area contributed by atoms with E-state index >= 15 is 0 Å². The van der Waals surface area contributed by atoms with Gasteiger partial charge >= 0.3 is 0 Å². The predicted octanol–water partition coefficient (Wildman–Crippen LogP) is 5.57. The smallest absolute Gasteiger partial charge is 0.224 e. The van der Waals surface area contributed by atoms with Gasteiger partial charge in [-0.3, -0.25) is 4.79 Å². The van der Waals surface area contributed by atoms with Crippen molar-refractivity contribution in [3.63, 3.8) is 0 Å². The summed E-state index contributed by atoms with van der Waals surface area (Å²) in [7, 11) is 0. The van der Waals surface area contributed by atoms with Crippen molar-refractivity contribution in [1.82, 2.24) is 20.6 Å². The first kappa shape index (κ1) is 22.5. The maximum absolute atomic E-state index is 12.9. The van der Waals surface area contributed by atoms with Crippen molar-refractivity contribution in [2.75, 3.05) is 4.90 Å². The molecular formula is C24H31N5O2S. The van der Waals surface area contributed by atoms with E-state index in [0.717, 1.165) is 41.0 Å². The molecule has 4 rings (SSSR count). The number of thiophene rings is 1. The standard InChI is InChI=1S/C24H31N5O2S/c1-14-19(31)21(22-25-27-28-26-22)32-20(14)16-8-7-9-17(10-16)29(15(2)30)18-11-23(3,4)13-24(5,6)12-18/h7-10,18,31H,11-13H2,1-6H3,(H,25,26,27,28). The average molecular weight is 454 g/mol. The van der Waals surface area contributed by atoms with Crippen LogP contribution in [0.15, 0.2) is 24.3 Å². The Balaban J connectivity index is 1.73. The molecule has 2 N–H and O–H groups in total. The summed E-state index contributed by atoms with van der Waals surface area (Å²) in [5.41, 5.74) is 2.96. The number of carbonyl (C=O) groups excluding carboxylic acids is 1. The van der Waals surface area contributed by atoms with Crippen LogP contribution in [0.1, 0.15) is 59.4 Å². The molecule has 0 aliphatic heterocycles. The number of aromatic nitrogens is 4. The number of carbonyl (C=O) groups is 1. The highest BCUT2D eigenvalue weighted by molar-refractivity contribution is 7.19. The Morgan fingerprint density at radius 2 is 1.88 bits per heavy atom. The van der Waals surface area contributed by atoms with Gasteiger partial charge in [-0.1, -0.05) is 39.8 Å². The molecule has 1 aliphatic rings. The van der Waals surface area contributed by atoms with Crippen LogP contribution in [0, 0.1) is 17.8 Å². The second kappa shape index (κ2) is 7.99. The van der Waals surface area contributed by atoms with E-state index in [1.807, 2.05) is 36.1 Å². The van der Waals surface area contributed by atoms with Gasteiger partial charge in [0.1, 0.15) is 10.6 Å². The summed E-state index contributed by atoms with van der Waals surface area (Å²) in [5.74, 6) is 0.588. The number of nitrogens with one attached hydrogen (secondary N) is 1. The second-order valence-corrected chi connectivity index (χ2v) is 11.5. The van der Waals surface area contributed by atoms with Crippen LogP contribution in [-0.4, -0.2) is 37.7 Å². The number of nitrogens with zero attached hydrogens (tertiary/aromatic N) is 4. The summed E-state index contributed by atoms with van der Waals surface area (Å²) in [5, 5.41) is 24.7. The highest BCUT2D eigenvalue weighted by Gasteiger charge is 2.41. The van der Waals surface area contributed by atoms with Crippen molar-refractivity contribution < 1.29 is 9.90 Å². The van der Waals surface area contributed by atoms with E-state index in [0.29, 0.717) is 10.7 Å². The van der Waals surface area contributed by atoms with Gasteiger partial charge in [-0.2, -0.15) is 5.21 Å². The molecule has 8 heteroatoms. The number of rotatable bonds is 4. The van der Waals surface area contributed by atoms with Crippen molar-refractivity contribution >= 4 is 22.9 Å². The summed E-state index contributed by atoms with van der Waals surface area (Å²) in [6, 6.07) is 8.18. The van der Waals surface area contributed by atoms with Crippen LogP contribution in [-0.2, 0) is 4.79 Å². The first-order valence-electron chi connectivity index (χ1n) is 10.9. The van der Waals surface area contributed by atoms with Gasteiger partial charge in [0.15, 0.2) is 0 Å². The quantitative estimate of drug-likeness (QED) is 0.539. The fourth-order valence-corrected chi connectivity index (χ4v) is 6.73. The third kappa shape index (κ3) is 4.28. The van der Waals surface area contributed by atoms with E-state index in [9.17, 15) is 9.90 Å². The molecule has 170 valence electrons. The fourth-order valence-electron chi connectivity index (χ4n) is 5.61. The van der Waals surface area contributed by atoms with Crippen LogP contribution in [0.5, 0.6) is 5.75 Å². The van der Waals surface area contributed by atoms with Crippen molar-refractivity contribution in [1.29, 1.82) is 0 Å². The Hall–Kier alpha value is -2.74. The van der Waals surface area contributed by atoms with Gasteiger partial charge < -0.3 is 10.0 Å². The first-order valence-corrected chi connectivity index (χ1v) is 11.8. The molecule has 0 bridgehead atoms. The predicted molar refractivity (Wildman–Crippen MR) is 128 cm³/mol. The summed E-state index contributed by atoms with van der Waals surface area (Å²) < 4.78 is 0. The average Bonchev–Trinajstić information content (AvgIpc) is 3.29. The van der Waals surface area contributed by atoms with Crippen LogP contribution in [0.25, 0.3) is 21.1 Å². The highest BCUT2D eigenvalue weighted by atomic mass is 32.1. The lowest BCUT2D eigenvalue weighted by Crippen LogP contribution is -2.48.